The van der Waals surface area contributed by atoms with E-state index in [2.05, 4.69) is 27.0 Å². The Kier molecular flexibility index (Phi) is 4.55. The summed E-state index contributed by atoms with van der Waals surface area (Å²) < 4.78 is 13.2. The second kappa shape index (κ2) is 6.36. The summed E-state index contributed by atoms with van der Waals surface area (Å²) in [5, 5.41) is 16.1. The number of nitrogens with zero attached hydrogens (tertiary/aromatic N) is 2. The monoisotopic (exact) mass is 277 g/mol. The van der Waals surface area contributed by atoms with E-state index in [-0.39, 0.29) is 12.4 Å². The summed E-state index contributed by atoms with van der Waals surface area (Å²) in [6.07, 6.45) is 0. The Morgan fingerprint density at radius 1 is 1.47 bits per heavy atom. The maximum atomic E-state index is 13.2. The van der Waals surface area contributed by atoms with Crippen molar-refractivity contribution in [1.82, 2.24) is 15.2 Å². The lowest BCUT2D eigenvalue weighted by Gasteiger charge is -2.03. The van der Waals surface area contributed by atoms with E-state index in [0.29, 0.717) is 16.5 Å². The van der Waals surface area contributed by atoms with Crippen molar-refractivity contribution in [2.24, 2.45) is 0 Å². The second-order valence-corrected chi connectivity index (χ2v) is 4.70. The van der Waals surface area contributed by atoms with E-state index >= 15 is 0 Å². The van der Waals surface area contributed by atoms with Crippen LogP contribution >= 0.6 is 11.8 Å². The molecule has 0 unspecified atom stereocenters. The molecule has 0 atom stereocenters. The van der Waals surface area contributed by atoms with E-state index in [4.69, 9.17) is 5.11 Å². The minimum absolute atomic E-state index is 0.247. The van der Waals surface area contributed by atoms with E-state index in [1.165, 1.54) is 23.9 Å². The molecule has 0 fully saturated rings. The standard InChI is InChI=1S/C13H12FN3OS/c1-9-15-13(17-16-9)19-8-11-4-5-12(14)7-10(11)3-2-6-18/h4-5,7,18H,6,8H2,1H3,(H,15,16,17). The molecule has 0 saturated carbocycles. The van der Waals surface area contributed by atoms with Gasteiger partial charge in [-0.15, -0.1) is 5.10 Å². The third-order valence-corrected chi connectivity index (χ3v) is 3.20. The number of aryl methyl sites for hydroxylation is 1. The largest absolute Gasteiger partial charge is 0.384 e. The first-order chi connectivity index (χ1) is 9.19. The lowest BCUT2D eigenvalue weighted by atomic mass is 10.1. The maximum absolute atomic E-state index is 13.2. The fraction of sp³-hybridized carbons (Fsp3) is 0.231. The zero-order valence-corrected chi connectivity index (χ0v) is 11.1. The molecule has 19 heavy (non-hydrogen) atoms. The number of aliphatic hydroxyl groups is 1. The first kappa shape index (κ1) is 13.6. The quantitative estimate of drug-likeness (QED) is 0.664. The SMILES string of the molecule is Cc1nc(SCc2ccc(F)cc2C#CCO)n[nH]1. The molecule has 2 N–H and O–H groups in total. The predicted molar refractivity (Wildman–Crippen MR) is 71.0 cm³/mol. The predicted octanol–water partition coefficient (Wildman–Crippen LogP) is 1.89. The number of thioether (sulfide) groups is 1. The Bertz CT molecular complexity index is 630. The topological polar surface area (TPSA) is 61.8 Å². The molecule has 0 amide bonds. The number of rotatable bonds is 3. The van der Waals surface area contributed by atoms with Gasteiger partial charge in [-0.2, -0.15) is 0 Å². The summed E-state index contributed by atoms with van der Waals surface area (Å²) in [6, 6.07) is 4.44. The Labute approximate surface area is 114 Å². The molecular weight excluding hydrogens is 265 g/mol. The molecule has 2 aromatic rings. The van der Waals surface area contributed by atoms with E-state index in [1.54, 1.807) is 6.07 Å². The molecule has 0 aliphatic heterocycles. The van der Waals surface area contributed by atoms with Gasteiger partial charge in [0, 0.05) is 11.3 Å². The first-order valence-electron chi connectivity index (χ1n) is 5.59. The van der Waals surface area contributed by atoms with Crippen LogP contribution in [0, 0.1) is 24.6 Å². The van der Waals surface area contributed by atoms with Gasteiger partial charge in [-0.25, -0.2) is 9.37 Å². The Morgan fingerprint density at radius 2 is 2.32 bits per heavy atom. The van der Waals surface area contributed by atoms with Crippen LogP contribution in [0.3, 0.4) is 0 Å². The average molecular weight is 277 g/mol. The normalized spacial score (nSPS) is 10.1. The van der Waals surface area contributed by atoms with E-state index in [0.717, 1.165) is 11.4 Å². The lowest BCUT2D eigenvalue weighted by molar-refractivity contribution is 0.350. The highest BCUT2D eigenvalue weighted by Crippen LogP contribution is 2.21. The lowest BCUT2D eigenvalue weighted by Crippen LogP contribution is -1.90. The van der Waals surface area contributed by atoms with Crippen molar-refractivity contribution >= 4 is 11.8 Å². The van der Waals surface area contributed by atoms with Gasteiger partial charge in [-0.3, -0.25) is 5.10 Å². The van der Waals surface area contributed by atoms with Crippen molar-refractivity contribution in [1.29, 1.82) is 0 Å². The Morgan fingerprint density at radius 3 is 3.00 bits per heavy atom. The Hall–Kier alpha value is -1.84. The zero-order valence-electron chi connectivity index (χ0n) is 10.3. The van der Waals surface area contributed by atoms with Crippen molar-refractivity contribution in [2.45, 2.75) is 17.8 Å². The molecule has 0 aliphatic carbocycles. The first-order valence-corrected chi connectivity index (χ1v) is 6.57. The van der Waals surface area contributed by atoms with Gasteiger partial charge in [0.1, 0.15) is 18.2 Å². The van der Waals surface area contributed by atoms with Crippen LogP contribution in [0.4, 0.5) is 4.39 Å². The average Bonchev–Trinajstić information content (AvgIpc) is 2.81. The Balaban J connectivity index is 2.15. The fourth-order valence-corrected chi connectivity index (χ4v) is 2.30. The van der Waals surface area contributed by atoms with Crippen LogP contribution in [0.2, 0.25) is 0 Å². The van der Waals surface area contributed by atoms with Crippen LogP contribution in [-0.4, -0.2) is 26.9 Å². The highest BCUT2D eigenvalue weighted by molar-refractivity contribution is 7.98. The van der Waals surface area contributed by atoms with Gasteiger partial charge >= 0.3 is 0 Å². The molecule has 1 aromatic heterocycles. The van der Waals surface area contributed by atoms with Crippen LogP contribution in [0.1, 0.15) is 17.0 Å². The number of hydrogen-bond donors (Lipinski definition) is 2. The summed E-state index contributed by atoms with van der Waals surface area (Å²) in [7, 11) is 0. The number of halogens is 1. The molecule has 4 nitrogen and oxygen atoms in total. The van der Waals surface area contributed by atoms with E-state index in [1.807, 2.05) is 6.92 Å². The summed E-state index contributed by atoms with van der Waals surface area (Å²) in [5.41, 5.74) is 1.46. The van der Waals surface area contributed by atoms with Crippen LogP contribution in [0.25, 0.3) is 0 Å². The minimum atomic E-state index is -0.343. The number of hydrogen-bond acceptors (Lipinski definition) is 4. The number of aliphatic hydroxyl groups excluding tert-OH is 1. The van der Waals surface area contributed by atoms with Crippen molar-refractivity contribution in [3.05, 3.63) is 41.0 Å². The molecule has 1 heterocycles. The van der Waals surface area contributed by atoms with Crippen molar-refractivity contribution < 1.29 is 9.50 Å². The van der Waals surface area contributed by atoms with Crippen molar-refractivity contribution in [3.63, 3.8) is 0 Å². The molecule has 98 valence electrons. The van der Waals surface area contributed by atoms with Crippen molar-refractivity contribution in [2.75, 3.05) is 6.61 Å². The number of aromatic amines is 1. The molecule has 0 aliphatic rings. The van der Waals surface area contributed by atoms with Gasteiger partial charge in [0.25, 0.3) is 0 Å². The van der Waals surface area contributed by atoms with Crippen LogP contribution in [-0.2, 0) is 5.75 Å². The van der Waals surface area contributed by atoms with E-state index in [9.17, 15) is 4.39 Å². The molecule has 2 rings (SSSR count). The molecule has 0 spiro atoms. The van der Waals surface area contributed by atoms with Gasteiger partial charge in [0.2, 0.25) is 5.16 Å². The highest BCUT2D eigenvalue weighted by Gasteiger charge is 2.06. The highest BCUT2D eigenvalue weighted by atomic mass is 32.2. The van der Waals surface area contributed by atoms with Gasteiger partial charge in [-0.1, -0.05) is 29.7 Å². The van der Waals surface area contributed by atoms with E-state index < -0.39 is 0 Å². The van der Waals surface area contributed by atoms with Crippen LogP contribution in [0.15, 0.2) is 23.4 Å². The van der Waals surface area contributed by atoms with Gasteiger partial charge in [0.05, 0.1) is 0 Å². The van der Waals surface area contributed by atoms with Crippen LogP contribution in [0.5, 0.6) is 0 Å². The minimum Gasteiger partial charge on any atom is -0.384 e. The molecule has 1 aromatic carbocycles. The second-order valence-electron chi connectivity index (χ2n) is 3.75. The van der Waals surface area contributed by atoms with Gasteiger partial charge < -0.3 is 5.11 Å². The van der Waals surface area contributed by atoms with Gasteiger partial charge in [-0.05, 0) is 24.6 Å². The molecule has 6 heteroatoms. The summed E-state index contributed by atoms with van der Waals surface area (Å²) in [5.74, 6) is 6.27. The summed E-state index contributed by atoms with van der Waals surface area (Å²) in [4.78, 5) is 4.18. The molecule has 0 bridgehead atoms. The van der Waals surface area contributed by atoms with Crippen LogP contribution < -0.4 is 0 Å². The fourth-order valence-electron chi connectivity index (χ4n) is 1.45. The number of aromatic nitrogens is 3. The third kappa shape index (κ3) is 3.81. The smallest absolute Gasteiger partial charge is 0.208 e. The van der Waals surface area contributed by atoms with Gasteiger partial charge in [0.15, 0.2) is 0 Å². The van der Waals surface area contributed by atoms with Crippen molar-refractivity contribution in [3.8, 4) is 11.8 Å². The number of benzene rings is 1. The number of H-pyrrole nitrogens is 1. The maximum Gasteiger partial charge on any atom is 0.208 e. The molecular formula is C13H12FN3OS. The number of nitrogens with one attached hydrogen (secondary N) is 1. The zero-order chi connectivity index (χ0) is 13.7. The summed E-state index contributed by atoms with van der Waals surface area (Å²) in [6.45, 7) is 1.58. The third-order valence-electron chi connectivity index (χ3n) is 2.31. The molecule has 0 radical (unpaired) electrons. The molecule has 0 saturated heterocycles. The summed E-state index contributed by atoms with van der Waals surface area (Å²) >= 11 is 1.44.